The Labute approximate surface area is 419 Å². The third kappa shape index (κ3) is 7.56. The van der Waals surface area contributed by atoms with Gasteiger partial charge in [-0.1, -0.05) is 180 Å². The summed E-state index contributed by atoms with van der Waals surface area (Å²) < 4.78 is 4.88. The van der Waals surface area contributed by atoms with E-state index in [1.54, 1.807) is 0 Å². The minimum atomic E-state index is 0.668. The fraction of sp³-hybridized carbons (Fsp3) is 0.0588. The van der Waals surface area contributed by atoms with Gasteiger partial charge in [-0.2, -0.15) is 0 Å². The van der Waals surface area contributed by atoms with Crippen molar-refractivity contribution in [2.24, 2.45) is 0 Å². The van der Waals surface area contributed by atoms with E-state index >= 15 is 0 Å². The molecule has 0 atom stereocenters. The molecule has 13 rings (SSSR count). The standard InChI is InChI=1S/C68H50N4/c1-43-32-44(2)35-53(34-43)49-26-29-66-59(39-49)56-22-11-13-24-63(56)71(66)55-21-15-20-51(38-55)58-41-52(68-69-61(47-16-7-5-8-17-47)42-62(70-68)48-18-9-6-10-19-48)28-31-65(58)72-64-25-14-12-23-57(64)60-40-50(27-30-67(60)72)54-36-45(3)33-46(4)37-54/h5-42H,1-4H3. The van der Waals surface area contributed by atoms with Crippen molar-refractivity contribution in [2.45, 2.75) is 27.7 Å². The maximum atomic E-state index is 5.32. The lowest BCUT2D eigenvalue weighted by atomic mass is 9.98. The van der Waals surface area contributed by atoms with Gasteiger partial charge in [0.2, 0.25) is 0 Å². The van der Waals surface area contributed by atoms with Crippen molar-refractivity contribution in [3.63, 3.8) is 0 Å². The van der Waals surface area contributed by atoms with Gasteiger partial charge in [0.05, 0.1) is 39.1 Å². The molecule has 0 bridgehead atoms. The minimum Gasteiger partial charge on any atom is -0.309 e. The van der Waals surface area contributed by atoms with Gasteiger partial charge in [-0.15, -0.1) is 0 Å². The molecule has 3 aromatic heterocycles. The van der Waals surface area contributed by atoms with Gasteiger partial charge in [0, 0.05) is 49.5 Å². The first-order chi connectivity index (χ1) is 35.3. The number of aryl methyl sites for hydroxylation is 4. The Bertz CT molecular complexity index is 4150. The molecule has 0 amide bonds. The number of rotatable bonds is 8. The quantitative estimate of drug-likeness (QED) is 0.152. The molecule has 0 aliphatic carbocycles. The maximum absolute atomic E-state index is 5.32. The number of aromatic nitrogens is 4. The number of para-hydroxylation sites is 2. The Hall–Kier alpha value is -9.12. The zero-order valence-electron chi connectivity index (χ0n) is 40.7. The Morgan fingerprint density at radius 1 is 0.278 bits per heavy atom. The molecule has 342 valence electrons. The van der Waals surface area contributed by atoms with E-state index in [4.69, 9.17) is 9.97 Å². The van der Waals surface area contributed by atoms with Crippen LogP contribution in [0.15, 0.2) is 231 Å². The van der Waals surface area contributed by atoms with Crippen LogP contribution in [0.25, 0.3) is 122 Å². The predicted octanol–water partition coefficient (Wildman–Crippen LogP) is 17.9. The molecule has 0 aliphatic rings. The van der Waals surface area contributed by atoms with Crippen LogP contribution in [0.2, 0.25) is 0 Å². The number of benzene rings is 10. The van der Waals surface area contributed by atoms with E-state index in [9.17, 15) is 0 Å². The summed E-state index contributed by atoms with van der Waals surface area (Å²) in [5.74, 6) is 0.668. The Kier molecular flexibility index (Phi) is 10.4. The molecule has 3 heterocycles. The highest BCUT2D eigenvalue weighted by atomic mass is 15.0. The van der Waals surface area contributed by atoms with E-state index in [0.29, 0.717) is 5.82 Å². The van der Waals surface area contributed by atoms with Crippen LogP contribution in [0, 0.1) is 27.7 Å². The highest BCUT2D eigenvalue weighted by Gasteiger charge is 2.21. The monoisotopic (exact) mass is 922 g/mol. The van der Waals surface area contributed by atoms with Gasteiger partial charge in [0.25, 0.3) is 0 Å². The van der Waals surface area contributed by atoms with Crippen molar-refractivity contribution in [1.29, 1.82) is 0 Å². The predicted molar refractivity (Wildman–Crippen MR) is 302 cm³/mol. The van der Waals surface area contributed by atoms with Crippen LogP contribution < -0.4 is 0 Å². The summed E-state index contributed by atoms with van der Waals surface area (Å²) in [7, 11) is 0. The molecule has 0 N–H and O–H groups in total. The first kappa shape index (κ1) is 42.9. The van der Waals surface area contributed by atoms with Gasteiger partial charge in [-0.3, -0.25) is 0 Å². The zero-order valence-corrected chi connectivity index (χ0v) is 40.7. The Morgan fingerprint density at radius 3 is 1.29 bits per heavy atom. The average molecular weight is 923 g/mol. The van der Waals surface area contributed by atoms with Crippen molar-refractivity contribution in [3.05, 3.63) is 253 Å². The number of hydrogen-bond acceptors (Lipinski definition) is 2. The van der Waals surface area contributed by atoms with Crippen molar-refractivity contribution in [2.75, 3.05) is 0 Å². The third-order valence-electron chi connectivity index (χ3n) is 14.2. The van der Waals surface area contributed by atoms with Crippen LogP contribution in [0.3, 0.4) is 0 Å². The molecule has 4 heteroatoms. The second-order valence-corrected chi connectivity index (χ2v) is 19.4. The highest BCUT2D eigenvalue weighted by Crippen LogP contribution is 2.42. The molecule has 13 aromatic rings. The van der Waals surface area contributed by atoms with Crippen LogP contribution in [0.1, 0.15) is 22.3 Å². The molecule has 0 radical (unpaired) electrons. The van der Waals surface area contributed by atoms with E-state index in [2.05, 4.69) is 255 Å². The fourth-order valence-electron chi connectivity index (χ4n) is 11.1. The van der Waals surface area contributed by atoms with Gasteiger partial charge in [0.1, 0.15) is 0 Å². The van der Waals surface area contributed by atoms with Gasteiger partial charge < -0.3 is 9.13 Å². The summed E-state index contributed by atoms with van der Waals surface area (Å²) in [6, 6.07) is 83.9. The summed E-state index contributed by atoms with van der Waals surface area (Å²) in [4.78, 5) is 10.6. The molecule has 0 fully saturated rings. The summed E-state index contributed by atoms with van der Waals surface area (Å²) in [6.45, 7) is 8.71. The van der Waals surface area contributed by atoms with Crippen LogP contribution in [-0.4, -0.2) is 19.1 Å². The molecular formula is C68H50N4. The Morgan fingerprint density at radius 2 is 0.736 bits per heavy atom. The molecule has 72 heavy (non-hydrogen) atoms. The normalized spacial score (nSPS) is 11.6. The van der Waals surface area contributed by atoms with Crippen LogP contribution in [0.5, 0.6) is 0 Å². The maximum Gasteiger partial charge on any atom is 0.160 e. The van der Waals surface area contributed by atoms with Crippen molar-refractivity contribution < 1.29 is 0 Å². The average Bonchev–Trinajstić information content (AvgIpc) is 3.93. The van der Waals surface area contributed by atoms with E-state index in [1.165, 1.54) is 66.1 Å². The van der Waals surface area contributed by atoms with Gasteiger partial charge in [0.15, 0.2) is 5.82 Å². The molecule has 0 aliphatic heterocycles. The minimum absolute atomic E-state index is 0.668. The van der Waals surface area contributed by atoms with E-state index < -0.39 is 0 Å². The van der Waals surface area contributed by atoms with Crippen LogP contribution in [0.4, 0.5) is 0 Å². The van der Waals surface area contributed by atoms with Gasteiger partial charge in [-0.25, -0.2) is 9.97 Å². The lowest BCUT2D eigenvalue weighted by molar-refractivity contribution is 1.16. The van der Waals surface area contributed by atoms with E-state index in [-0.39, 0.29) is 0 Å². The highest BCUT2D eigenvalue weighted by molar-refractivity contribution is 6.12. The van der Waals surface area contributed by atoms with Crippen molar-refractivity contribution >= 4 is 43.6 Å². The summed E-state index contributed by atoms with van der Waals surface area (Å²) >= 11 is 0. The largest absolute Gasteiger partial charge is 0.309 e. The van der Waals surface area contributed by atoms with Crippen LogP contribution in [-0.2, 0) is 0 Å². The second kappa shape index (κ2) is 17.4. The molecule has 0 unspecified atom stereocenters. The van der Waals surface area contributed by atoms with E-state index in [1.807, 2.05) is 12.1 Å². The lowest BCUT2D eigenvalue weighted by Gasteiger charge is -2.18. The summed E-state index contributed by atoms with van der Waals surface area (Å²) in [5, 5.41) is 4.87. The van der Waals surface area contributed by atoms with Crippen molar-refractivity contribution in [1.82, 2.24) is 19.1 Å². The zero-order chi connectivity index (χ0) is 48.5. The molecule has 0 spiro atoms. The SMILES string of the molecule is Cc1cc(C)cc(-c2ccc3c(c2)c2ccccc2n3-c2cccc(-c3cc(-c4nc(-c5ccccc5)cc(-c5ccccc5)n4)ccc3-n3c4ccccc4c4cc(-c5cc(C)cc(C)c5)ccc43)c2)c1. The fourth-order valence-corrected chi connectivity index (χ4v) is 11.1. The third-order valence-corrected chi connectivity index (χ3v) is 14.2. The smallest absolute Gasteiger partial charge is 0.160 e. The topological polar surface area (TPSA) is 35.6 Å². The first-order valence-corrected chi connectivity index (χ1v) is 24.8. The Balaban J connectivity index is 1.04. The first-order valence-electron chi connectivity index (χ1n) is 24.8. The van der Waals surface area contributed by atoms with Crippen LogP contribution >= 0.6 is 0 Å². The number of fused-ring (bicyclic) bond motifs is 6. The number of hydrogen-bond donors (Lipinski definition) is 0. The summed E-state index contributed by atoms with van der Waals surface area (Å²) in [5.41, 5.74) is 23.6. The van der Waals surface area contributed by atoms with Gasteiger partial charge in [-0.05, 0) is 128 Å². The second-order valence-electron chi connectivity index (χ2n) is 19.4. The lowest BCUT2D eigenvalue weighted by Crippen LogP contribution is -2.01. The molecule has 0 saturated carbocycles. The van der Waals surface area contributed by atoms with Gasteiger partial charge >= 0.3 is 0 Å². The summed E-state index contributed by atoms with van der Waals surface area (Å²) in [6.07, 6.45) is 0. The molecule has 0 saturated heterocycles. The molecular weight excluding hydrogens is 873 g/mol. The number of nitrogens with zero attached hydrogens (tertiary/aromatic N) is 4. The molecule has 10 aromatic carbocycles. The van der Waals surface area contributed by atoms with E-state index in [0.717, 1.165) is 72.6 Å². The molecule has 4 nitrogen and oxygen atoms in total. The van der Waals surface area contributed by atoms with Crippen molar-refractivity contribution in [3.8, 4) is 78.7 Å².